The van der Waals surface area contributed by atoms with E-state index in [4.69, 9.17) is 11.6 Å². The summed E-state index contributed by atoms with van der Waals surface area (Å²) in [6, 6.07) is 14.7. The molecular formula is C23H20ClFN2O2. The first-order valence-corrected chi connectivity index (χ1v) is 9.88. The molecule has 1 amide bonds. The summed E-state index contributed by atoms with van der Waals surface area (Å²) in [5.41, 5.74) is 2.53. The summed E-state index contributed by atoms with van der Waals surface area (Å²) in [4.78, 5) is 27.4. The van der Waals surface area contributed by atoms with Gasteiger partial charge in [0.05, 0.1) is 12.1 Å². The largest absolute Gasteiger partial charge is 0.310 e. The summed E-state index contributed by atoms with van der Waals surface area (Å²) in [5.74, 6) is -0.517. The van der Waals surface area contributed by atoms with E-state index in [0.29, 0.717) is 10.6 Å². The van der Waals surface area contributed by atoms with Crippen molar-refractivity contribution in [1.82, 2.24) is 4.57 Å². The van der Waals surface area contributed by atoms with Gasteiger partial charge in [-0.05, 0) is 61.2 Å². The van der Waals surface area contributed by atoms with Gasteiger partial charge >= 0.3 is 0 Å². The molecule has 0 spiro atoms. The fraction of sp³-hybridized carbons (Fsp3) is 0.217. The van der Waals surface area contributed by atoms with Crippen LogP contribution < -0.4 is 10.5 Å². The molecule has 0 radical (unpaired) electrons. The number of hydrogen-bond donors (Lipinski definition) is 0. The van der Waals surface area contributed by atoms with E-state index >= 15 is 0 Å². The van der Waals surface area contributed by atoms with E-state index < -0.39 is 0 Å². The van der Waals surface area contributed by atoms with Crippen LogP contribution in [0.4, 0.5) is 10.1 Å². The Balaban J connectivity index is 1.70. The molecule has 1 atom stereocenters. The van der Waals surface area contributed by atoms with Crippen LogP contribution in [0.1, 0.15) is 34.8 Å². The standard InChI is InChI=1S/C23H20ClFN2O2/c1-15-6-7-16-12-19(25)9-10-21(16)27(15)23(29)18-8-11-22(28)26(14-18)13-17-4-2-3-5-20(17)24/h2-5,8-12,14-15H,6-7,13H2,1H3/t15-/m0/s1. The van der Waals surface area contributed by atoms with E-state index in [9.17, 15) is 14.0 Å². The maximum atomic E-state index is 13.6. The Labute approximate surface area is 173 Å². The number of carbonyl (C=O) groups excluding carboxylic acids is 1. The number of nitrogens with zero attached hydrogens (tertiary/aromatic N) is 2. The zero-order chi connectivity index (χ0) is 20.5. The third kappa shape index (κ3) is 3.83. The van der Waals surface area contributed by atoms with Crippen molar-refractivity contribution in [2.45, 2.75) is 32.4 Å². The van der Waals surface area contributed by atoms with Gasteiger partial charge in [0.1, 0.15) is 5.82 Å². The number of anilines is 1. The van der Waals surface area contributed by atoms with Gasteiger partial charge in [0.25, 0.3) is 11.5 Å². The highest BCUT2D eigenvalue weighted by Crippen LogP contribution is 2.32. The smallest absolute Gasteiger partial charge is 0.260 e. The number of hydrogen-bond acceptors (Lipinski definition) is 2. The minimum Gasteiger partial charge on any atom is -0.310 e. The molecule has 0 fully saturated rings. The lowest BCUT2D eigenvalue weighted by Gasteiger charge is -2.35. The molecule has 2 aromatic carbocycles. The van der Waals surface area contributed by atoms with Crippen molar-refractivity contribution < 1.29 is 9.18 Å². The number of benzene rings is 2. The zero-order valence-corrected chi connectivity index (χ0v) is 16.7. The number of carbonyl (C=O) groups is 1. The summed E-state index contributed by atoms with van der Waals surface area (Å²) < 4.78 is 15.1. The van der Waals surface area contributed by atoms with Gasteiger partial charge in [-0.25, -0.2) is 4.39 Å². The summed E-state index contributed by atoms with van der Waals surface area (Å²) >= 11 is 6.22. The summed E-state index contributed by atoms with van der Waals surface area (Å²) in [6.45, 7) is 2.25. The molecular weight excluding hydrogens is 391 g/mol. The molecule has 1 aromatic heterocycles. The van der Waals surface area contributed by atoms with Gasteiger partial charge < -0.3 is 9.47 Å². The van der Waals surface area contributed by atoms with Crippen molar-refractivity contribution in [3.63, 3.8) is 0 Å². The number of halogens is 2. The van der Waals surface area contributed by atoms with E-state index in [2.05, 4.69) is 0 Å². The van der Waals surface area contributed by atoms with Crippen LogP contribution in [-0.4, -0.2) is 16.5 Å². The number of amides is 1. The van der Waals surface area contributed by atoms with Crippen molar-refractivity contribution in [3.05, 3.63) is 98.7 Å². The van der Waals surface area contributed by atoms with Gasteiger partial charge in [-0.3, -0.25) is 9.59 Å². The molecule has 0 bridgehead atoms. The van der Waals surface area contributed by atoms with E-state index in [1.54, 1.807) is 23.2 Å². The fourth-order valence-corrected chi connectivity index (χ4v) is 3.96. The normalized spacial score (nSPS) is 15.8. The number of pyridine rings is 1. The minimum absolute atomic E-state index is 0.0237. The van der Waals surface area contributed by atoms with Crippen LogP contribution in [0, 0.1) is 5.82 Å². The second-order valence-electron chi connectivity index (χ2n) is 7.31. The van der Waals surface area contributed by atoms with Crippen molar-refractivity contribution >= 4 is 23.2 Å². The number of rotatable bonds is 3. The van der Waals surface area contributed by atoms with Crippen molar-refractivity contribution in [3.8, 4) is 0 Å². The number of fused-ring (bicyclic) bond motifs is 1. The molecule has 148 valence electrons. The second kappa shape index (κ2) is 7.84. The number of aromatic nitrogens is 1. The van der Waals surface area contributed by atoms with Crippen LogP contribution in [0.15, 0.2) is 65.6 Å². The summed E-state index contributed by atoms with van der Waals surface area (Å²) in [7, 11) is 0. The first-order valence-electron chi connectivity index (χ1n) is 9.50. The molecule has 3 aromatic rings. The lowest BCUT2D eigenvalue weighted by Crippen LogP contribution is -2.42. The lowest BCUT2D eigenvalue weighted by molar-refractivity contribution is 0.0974. The zero-order valence-electron chi connectivity index (χ0n) is 15.9. The lowest BCUT2D eigenvalue weighted by atomic mass is 9.95. The first-order chi connectivity index (χ1) is 13.9. The second-order valence-corrected chi connectivity index (χ2v) is 7.72. The Morgan fingerprint density at radius 2 is 1.97 bits per heavy atom. The van der Waals surface area contributed by atoms with Gasteiger partial charge in [-0.2, -0.15) is 0 Å². The van der Waals surface area contributed by atoms with Crippen LogP contribution in [0.25, 0.3) is 0 Å². The Bertz CT molecular complexity index is 1140. The average molecular weight is 411 g/mol. The predicted octanol–water partition coefficient (Wildman–Crippen LogP) is 4.67. The average Bonchev–Trinajstić information content (AvgIpc) is 2.71. The molecule has 0 unspecified atom stereocenters. The predicted molar refractivity (Wildman–Crippen MR) is 112 cm³/mol. The van der Waals surface area contributed by atoms with E-state index in [0.717, 1.165) is 29.7 Å². The van der Waals surface area contributed by atoms with Crippen LogP contribution in [-0.2, 0) is 13.0 Å². The van der Waals surface area contributed by atoms with Gasteiger partial charge in [0.15, 0.2) is 0 Å². The first kappa shape index (κ1) is 19.4. The Kier molecular flexibility index (Phi) is 5.24. The molecule has 0 N–H and O–H groups in total. The molecule has 0 aliphatic carbocycles. The van der Waals surface area contributed by atoms with Crippen molar-refractivity contribution in [2.24, 2.45) is 0 Å². The molecule has 29 heavy (non-hydrogen) atoms. The van der Waals surface area contributed by atoms with Crippen LogP contribution in [0.5, 0.6) is 0 Å². The van der Waals surface area contributed by atoms with E-state index in [-0.39, 0.29) is 29.9 Å². The number of aryl methyl sites for hydroxylation is 1. The van der Waals surface area contributed by atoms with Crippen LogP contribution in [0.2, 0.25) is 5.02 Å². The monoisotopic (exact) mass is 410 g/mol. The van der Waals surface area contributed by atoms with Crippen LogP contribution in [0.3, 0.4) is 0 Å². The van der Waals surface area contributed by atoms with Crippen molar-refractivity contribution in [2.75, 3.05) is 4.90 Å². The highest BCUT2D eigenvalue weighted by molar-refractivity contribution is 6.31. The van der Waals surface area contributed by atoms with Gasteiger partial charge in [-0.1, -0.05) is 29.8 Å². The van der Waals surface area contributed by atoms with E-state index in [1.807, 2.05) is 25.1 Å². The Morgan fingerprint density at radius 1 is 1.17 bits per heavy atom. The molecule has 4 rings (SSSR count). The summed E-state index contributed by atoms with van der Waals surface area (Å²) in [6.07, 6.45) is 3.05. The molecule has 2 heterocycles. The molecule has 0 saturated heterocycles. The highest BCUT2D eigenvalue weighted by atomic mass is 35.5. The van der Waals surface area contributed by atoms with E-state index in [1.165, 1.54) is 28.8 Å². The fourth-order valence-electron chi connectivity index (χ4n) is 3.76. The maximum absolute atomic E-state index is 13.6. The molecule has 6 heteroatoms. The topological polar surface area (TPSA) is 42.3 Å². The molecule has 1 aliphatic rings. The third-order valence-electron chi connectivity index (χ3n) is 5.32. The van der Waals surface area contributed by atoms with Crippen LogP contribution >= 0.6 is 11.6 Å². The summed E-state index contributed by atoms with van der Waals surface area (Å²) in [5, 5.41) is 0.566. The molecule has 1 aliphatic heterocycles. The van der Waals surface area contributed by atoms with Gasteiger partial charge in [-0.15, -0.1) is 0 Å². The van der Waals surface area contributed by atoms with Gasteiger partial charge in [0.2, 0.25) is 0 Å². The molecule has 0 saturated carbocycles. The Hall–Kier alpha value is -2.92. The SMILES string of the molecule is C[C@H]1CCc2cc(F)ccc2N1C(=O)c1ccc(=O)n(Cc2ccccc2Cl)c1. The van der Waals surface area contributed by atoms with Crippen molar-refractivity contribution in [1.29, 1.82) is 0 Å². The molecule has 4 nitrogen and oxygen atoms in total. The maximum Gasteiger partial charge on any atom is 0.260 e. The Morgan fingerprint density at radius 3 is 2.76 bits per heavy atom. The third-order valence-corrected chi connectivity index (χ3v) is 5.69. The quantitative estimate of drug-likeness (QED) is 0.629. The van der Waals surface area contributed by atoms with Gasteiger partial charge in [0, 0.05) is 29.0 Å². The highest BCUT2D eigenvalue weighted by Gasteiger charge is 2.29. The minimum atomic E-state index is -0.306.